The van der Waals surface area contributed by atoms with Gasteiger partial charge in [0.2, 0.25) is 0 Å². The number of anilines is 1. The second kappa shape index (κ2) is 5.18. The van der Waals surface area contributed by atoms with E-state index < -0.39 is 11.4 Å². The largest absolute Gasteiger partial charge is 0.388 e. The second-order valence-corrected chi connectivity index (χ2v) is 5.10. The molecule has 1 fully saturated rings. The van der Waals surface area contributed by atoms with E-state index in [9.17, 15) is 9.50 Å². The fourth-order valence-corrected chi connectivity index (χ4v) is 3.02. The molecule has 0 aromatic heterocycles. The first kappa shape index (κ1) is 13.8. The normalized spacial score (nSPS) is 26.5. The lowest BCUT2D eigenvalue weighted by Gasteiger charge is -2.34. The molecule has 19 heavy (non-hydrogen) atoms. The maximum absolute atomic E-state index is 13.7. The van der Waals surface area contributed by atoms with Gasteiger partial charge in [-0.05, 0) is 37.5 Å². The average molecular weight is 262 g/mol. The zero-order valence-corrected chi connectivity index (χ0v) is 11.4. The van der Waals surface area contributed by atoms with Gasteiger partial charge in [-0.15, -0.1) is 0 Å². The summed E-state index contributed by atoms with van der Waals surface area (Å²) in [7, 11) is 0. The molecule has 1 aliphatic heterocycles. The van der Waals surface area contributed by atoms with Crippen molar-refractivity contribution in [1.82, 2.24) is 0 Å². The van der Waals surface area contributed by atoms with Gasteiger partial charge in [0.05, 0.1) is 17.2 Å². The molecule has 1 heterocycles. The van der Waals surface area contributed by atoms with Crippen LogP contribution in [0.25, 0.3) is 0 Å². The number of benzene rings is 1. The highest BCUT2D eigenvalue weighted by molar-refractivity contribution is 5.53. The summed E-state index contributed by atoms with van der Waals surface area (Å²) in [6, 6.07) is 6.48. The number of halogens is 1. The molecule has 3 nitrogen and oxygen atoms in total. The van der Waals surface area contributed by atoms with Crippen molar-refractivity contribution < 1.29 is 9.50 Å². The van der Waals surface area contributed by atoms with E-state index in [1.54, 1.807) is 6.07 Å². The maximum Gasteiger partial charge on any atom is 0.143 e. The fraction of sp³-hybridized carbons (Fsp3) is 0.533. The molecule has 1 aromatic carbocycles. The van der Waals surface area contributed by atoms with E-state index in [0.29, 0.717) is 19.4 Å². The van der Waals surface area contributed by atoms with Crippen LogP contribution < -0.4 is 4.90 Å². The Morgan fingerprint density at radius 1 is 1.53 bits per heavy atom. The predicted octanol–water partition coefficient (Wildman–Crippen LogP) is 2.83. The van der Waals surface area contributed by atoms with Crippen LogP contribution in [0.3, 0.4) is 0 Å². The van der Waals surface area contributed by atoms with Crippen molar-refractivity contribution in [3.05, 3.63) is 29.6 Å². The molecule has 1 aromatic rings. The molecule has 0 amide bonds. The molecular weight excluding hydrogens is 243 g/mol. The van der Waals surface area contributed by atoms with Gasteiger partial charge in [0.15, 0.2) is 0 Å². The van der Waals surface area contributed by atoms with Gasteiger partial charge in [0, 0.05) is 12.2 Å². The predicted molar refractivity (Wildman–Crippen MR) is 72.4 cm³/mol. The first-order valence-corrected chi connectivity index (χ1v) is 6.74. The SMILES string of the molecule is CCC1N(c2ccc(C#N)c(F)c2)CCC1(O)CC. The van der Waals surface area contributed by atoms with E-state index in [2.05, 4.69) is 0 Å². The number of rotatable bonds is 3. The minimum absolute atomic E-state index is 0.00448. The molecule has 0 radical (unpaired) electrons. The minimum atomic E-state index is -0.695. The summed E-state index contributed by atoms with van der Waals surface area (Å²) in [5.41, 5.74) is 0.105. The summed E-state index contributed by atoms with van der Waals surface area (Å²) in [4.78, 5) is 2.05. The van der Waals surface area contributed by atoms with Crippen LogP contribution in [0.5, 0.6) is 0 Å². The van der Waals surface area contributed by atoms with Crippen molar-refractivity contribution in [2.75, 3.05) is 11.4 Å². The number of aliphatic hydroxyl groups is 1. The van der Waals surface area contributed by atoms with Crippen LogP contribution in [0.4, 0.5) is 10.1 Å². The minimum Gasteiger partial charge on any atom is -0.388 e. The monoisotopic (exact) mass is 262 g/mol. The summed E-state index contributed by atoms with van der Waals surface area (Å²) in [6.45, 7) is 4.73. The average Bonchev–Trinajstić information content (AvgIpc) is 2.76. The topological polar surface area (TPSA) is 47.3 Å². The van der Waals surface area contributed by atoms with Crippen LogP contribution in [0, 0.1) is 17.1 Å². The van der Waals surface area contributed by atoms with Gasteiger partial charge in [-0.3, -0.25) is 0 Å². The van der Waals surface area contributed by atoms with E-state index in [4.69, 9.17) is 5.26 Å². The van der Waals surface area contributed by atoms with Gasteiger partial charge >= 0.3 is 0 Å². The molecule has 2 rings (SSSR count). The van der Waals surface area contributed by atoms with Crippen LogP contribution in [-0.4, -0.2) is 23.3 Å². The lowest BCUT2D eigenvalue weighted by Crippen LogP contribution is -2.44. The number of nitrogens with zero attached hydrogens (tertiary/aromatic N) is 2. The van der Waals surface area contributed by atoms with E-state index in [1.165, 1.54) is 12.1 Å². The van der Waals surface area contributed by atoms with Crippen molar-refractivity contribution in [2.45, 2.75) is 44.8 Å². The third kappa shape index (κ3) is 2.31. The third-order valence-corrected chi connectivity index (χ3v) is 4.19. The Bertz CT molecular complexity index is 511. The standard InChI is InChI=1S/C15H19FN2O/c1-3-14-15(19,4-2)7-8-18(14)12-6-5-11(10-17)13(16)9-12/h5-6,9,14,19H,3-4,7-8H2,1-2H3. The van der Waals surface area contributed by atoms with Crippen molar-refractivity contribution in [1.29, 1.82) is 5.26 Å². The highest BCUT2D eigenvalue weighted by Gasteiger charge is 2.43. The lowest BCUT2D eigenvalue weighted by molar-refractivity contribution is 0.0268. The van der Waals surface area contributed by atoms with Gasteiger partial charge in [0.25, 0.3) is 0 Å². The molecule has 1 aliphatic rings. The molecular formula is C15H19FN2O. The molecule has 1 saturated heterocycles. The molecule has 102 valence electrons. The summed E-state index contributed by atoms with van der Waals surface area (Å²) in [6.07, 6.45) is 2.20. The zero-order chi connectivity index (χ0) is 14.0. The Morgan fingerprint density at radius 3 is 2.79 bits per heavy atom. The Kier molecular flexibility index (Phi) is 3.77. The Morgan fingerprint density at radius 2 is 2.26 bits per heavy atom. The fourth-order valence-electron chi connectivity index (χ4n) is 3.02. The summed E-state index contributed by atoms with van der Waals surface area (Å²) in [5, 5.41) is 19.3. The van der Waals surface area contributed by atoms with Crippen LogP contribution in [0.15, 0.2) is 18.2 Å². The van der Waals surface area contributed by atoms with Gasteiger partial charge in [-0.25, -0.2) is 4.39 Å². The van der Waals surface area contributed by atoms with E-state index in [0.717, 1.165) is 12.1 Å². The van der Waals surface area contributed by atoms with Gasteiger partial charge in [-0.2, -0.15) is 5.26 Å². The Hall–Kier alpha value is -1.60. The van der Waals surface area contributed by atoms with Crippen LogP contribution in [0.2, 0.25) is 0 Å². The molecule has 2 atom stereocenters. The molecule has 4 heteroatoms. The summed E-state index contributed by atoms with van der Waals surface area (Å²) < 4.78 is 13.7. The maximum atomic E-state index is 13.7. The molecule has 0 spiro atoms. The molecule has 2 unspecified atom stereocenters. The van der Waals surface area contributed by atoms with E-state index >= 15 is 0 Å². The summed E-state index contributed by atoms with van der Waals surface area (Å²) in [5.74, 6) is -0.498. The number of hydrogen-bond donors (Lipinski definition) is 1. The first-order valence-electron chi connectivity index (χ1n) is 6.74. The zero-order valence-electron chi connectivity index (χ0n) is 11.4. The third-order valence-electron chi connectivity index (χ3n) is 4.19. The smallest absolute Gasteiger partial charge is 0.143 e. The number of nitriles is 1. The first-order chi connectivity index (χ1) is 9.05. The molecule has 1 N–H and O–H groups in total. The van der Waals surface area contributed by atoms with Crippen LogP contribution in [0.1, 0.15) is 38.7 Å². The molecule has 0 bridgehead atoms. The van der Waals surface area contributed by atoms with Crippen molar-refractivity contribution >= 4 is 5.69 Å². The van der Waals surface area contributed by atoms with Crippen LogP contribution >= 0.6 is 0 Å². The lowest BCUT2D eigenvalue weighted by atomic mass is 9.90. The molecule has 0 saturated carbocycles. The number of hydrogen-bond acceptors (Lipinski definition) is 3. The Labute approximate surface area is 113 Å². The van der Waals surface area contributed by atoms with Crippen molar-refractivity contribution in [2.24, 2.45) is 0 Å². The van der Waals surface area contributed by atoms with Crippen molar-refractivity contribution in [3.63, 3.8) is 0 Å². The highest BCUT2D eigenvalue weighted by Crippen LogP contribution is 2.37. The van der Waals surface area contributed by atoms with Gasteiger partial charge in [0.1, 0.15) is 11.9 Å². The van der Waals surface area contributed by atoms with Gasteiger partial charge < -0.3 is 10.0 Å². The highest BCUT2D eigenvalue weighted by atomic mass is 19.1. The van der Waals surface area contributed by atoms with Crippen LogP contribution in [-0.2, 0) is 0 Å². The van der Waals surface area contributed by atoms with Crippen molar-refractivity contribution in [3.8, 4) is 6.07 Å². The quantitative estimate of drug-likeness (QED) is 0.911. The Balaban J connectivity index is 2.33. The summed E-state index contributed by atoms with van der Waals surface area (Å²) >= 11 is 0. The second-order valence-electron chi connectivity index (χ2n) is 5.10. The van der Waals surface area contributed by atoms with E-state index in [1.807, 2.05) is 24.8 Å². The molecule has 0 aliphatic carbocycles. The van der Waals surface area contributed by atoms with E-state index in [-0.39, 0.29) is 11.6 Å². The van der Waals surface area contributed by atoms with Gasteiger partial charge in [-0.1, -0.05) is 13.8 Å².